The fraction of sp³-hybridized carbons (Fsp3) is 0.417. The van der Waals surface area contributed by atoms with Gasteiger partial charge < -0.3 is 5.32 Å². The van der Waals surface area contributed by atoms with Crippen LogP contribution < -0.4 is 5.32 Å². The van der Waals surface area contributed by atoms with E-state index in [0.717, 1.165) is 12.8 Å². The van der Waals surface area contributed by atoms with E-state index in [1.165, 1.54) is 0 Å². The summed E-state index contributed by atoms with van der Waals surface area (Å²) in [4.78, 5) is 11.5. The minimum atomic E-state index is -0.222. The molecule has 5 heteroatoms. The molecule has 1 rings (SSSR count). The lowest BCUT2D eigenvalue weighted by Crippen LogP contribution is -2.33. The number of amides is 1. The number of nitrogens with one attached hydrogen (secondary N) is 2. The van der Waals surface area contributed by atoms with E-state index in [9.17, 15) is 4.79 Å². The molecule has 1 unspecified atom stereocenters. The highest BCUT2D eigenvalue weighted by Gasteiger charge is 2.29. The van der Waals surface area contributed by atoms with Crippen molar-refractivity contribution in [1.82, 2.24) is 5.32 Å². The van der Waals surface area contributed by atoms with E-state index in [0.29, 0.717) is 5.57 Å². The summed E-state index contributed by atoms with van der Waals surface area (Å²) < 4.78 is 0. The minimum absolute atomic E-state index is 0.101. The first-order valence-corrected chi connectivity index (χ1v) is 5.32. The molecule has 1 amide bonds. The van der Waals surface area contributed by atoms with Gasteiger partial charge in [0, 0.05) is 12.3 Å². The van der Waals surface area contributed by atoms with Gasteiger partial charge in [0.2, 0.25) is 5.91 Å². The smallest absolute Gasteiger partial charge is 0.225 e. The standard InChI is InChI=1S/C12H12N4O/c1-2-3-8-4-11(17)16-12(10(8)7-15)9(5-13)6-14/h8,13H,2-4H2,1H3,(H,16,17). The van der Waals surface area contributed by atoms with E-state index >= 15 is 0 Å². The molecular formula is C12H12N4O. The van der Waals surface area contributed by atoms with Gasteiger partial charge in [-0.1, -0.05) is 13.3 Å². The van der Waals surface area contributed by atoms with Crippen LogP contribution in [0.1, 0.15) is 26.2 Å². The minimum Gasteiger partial charge on any atom is -0.323 e. The molecule has 0 saturated carbocycles. The Morgan fingerprint density at radius 1 is 1.59 bits per heavy atom. The van der Waals surface area contributed by atoms with Crippen LogP contribution in [0.15, 0.2) is 16.8 Å². The van der Waals surface area contributed by atoms with Gasteiger partial charge in [-0.3, -0.25) is 10.2 Å². The maximum Gasteiger partial charge on any atom is 0.225 e. The average Bonchev–Trinajstić information content (AvgIpc) is 2.31. The summed E-state index contributed by atoms with van der Waals surface area (Å²) in [6.07, 6.45) is 1.83. The van der Waals surface area contributed by atoms with Crippen LogP contribution in [-0.4, -0.2) is 11.8 Å². The van der Waals surface area contributed by atoms with Crippen molar-refractivity contribution in [1.29, 1.82) is 15.9 Å². The number of hydrogen-bond acceptors (Lipinski definition) is 4. The van der Waals surface area contributed by atoms with Gasteiger partial charge >= 0.3 is 0 Å². The highest BCUT2D eigenvalue weighted by Crippen LogP contribution is 2.28. The van der Waals surface area contributed by atoms with E-state index in [2.05, 4.69) is 5.32 Å². The molecule has 0 radical (unpaired) electrons. The van der Waals surface area contributed by atoms with Crippen molar-refractivity contribution in [2.24, 2.45) is 5.92 Å². The molecule has 2 N–H and O–H groups in total. The first-order chi connectivity index (χ1) is 8.17. The summed E-state index contributed by atoms with van der Waals surface area (Å²) in [5.41, 5.74) is 0.429. The van der Waals surface area contributed by atoms with E-state index in [1.54, 1.807) is 6.07 Å². The third kappa shape index (κ3) is 2.60. The molecular weight excluding hydrogens is 216 g/mol. The van der Waals surface area contributed by atoms with Gasteiger partial charge in [-0.15, -0.1) is 0 Å². The number of carbonyl (C=O) groups excluding carboxylic acids is 1. The van der Waals surface area contributed by atoms with Gasteiger partial charge in [0.25, 0.3) is 0 Å². The van der Waals surface area contributed by atoms with Crippen LogP contribution in [0.3, 0.4) is 0 Å². The third-order valence-electron chi connectivity index (χ3n) is 2.62. The number of carbonyl (C=O) groups is 1. The Kier molecular flexibility index (Phi) is 4.22. The van der Waals surface area contributed by atoms with Crippen molar-refractivity contribution in [3.8, 4) is 12.1 Å². The molecule has 5 nitrogen and oxygen atoms in total. The van der Waals surface area contributed by atoms with Crippen molar-refractivity contribution in [2.45, 2.75) is 26.2 Å². The van der Waals surface area contributed by atoms with Crippen LogP contribution >= 0.6 is 0 Å². The summed E-state index contributed by atoms with van der Waals surface area (Å²) in [6, 6.07) is 3.79. The Balaban J connectivity index is 3.29. The van der Waals surface area contributed by atoms with E-state index in [1.807, 2.05) is 18.9 Å². The molecule has 86 valence electrons. The molecule has 0 saturated heterocycles. The molecule has 1 heterocycles. The number of rotatable bonds is 3. The summed E-state index contributed by atoms with van der Waals surface area (Å²) in [6.45, 7) is 1.97. The van der Waals surface area contributed by atoms with Crippen LogP contribution in [0.2, 0.25) is 0 Å². The maximum absolute atomic E-state index is 11.5. The van der Waals surface area contributed by atoms with Gasteiger partial charge in [-0.05, 0) is 12.3 Å². The van der Waals surface area contributed by atoms with Crippen LogP contribution in [0.4, 0.5) is 0 Å². The van der Waals surface area contributed by atoms with Gasteiger partial charge in [-0.2, -0.15) is 10.5 Å². The summed E-state index contributed by atoms with van der Waals surface area (Å²) in [5.74, 6) is 1.57. The van der Waals surface area contributed by atoms with Crippen molar-refractivity contribution >= 4 is 11.8 Å². The second-order valence-electron chi connectivity index (χ2n) is 3.75. The number of allylic oxidation sites excluding steroid dienone is 2. The number of nitrogens with zero attached hydrogens (tertiary/aromatic N) is 2. The Labute approximate surface area is 99.6 Å². The highest BCUT2D eigenvalue weighted by molar-refractivity contribution is 5.85. The second kappa shape index (κ2) is 5.65. The molecule has 0 aromatic heterocycles. The Hall–Kier alpha value is -2.36. The third-order valence-corrected chi connectivity index (χ3v) is 2.62. The molecule has 0 aromatic rings. The van der Waals surface area contributed by atoms with Gasteiger partial charge in [-0.25, -0.2) is 0 Å². The molecule has 1 atom stereocenters. The normalized spacial score (nSPS) is 18.8. The van der Waals surface area contributed by atoms with E-state index in [-0.39, 0.29) is 29.5 Å². The molecule has 0 bridgehead atoms. The largest absolute Gasteiger partial charge is 0.323 e. The average molecular weight is 228 g/mol. The molecule has 17 heavy (non-hydrogen) atoms. The predicted octanol–water partition coefficient (Wildman–Crippen LogP) is 1.40. The monoisotopic (exact) mass is 228 g/mol. The van der Waals surface area contributed by atoms with Crippen LogP contribution in [0.5, 0.6) is 0 Å². The summed E-state index contributed by atoms with van der Waals surface area (Å²) in [7, 11) is 0. The molecule has 1 aliphatic rings. The zero-order chi connectivity index (χ0) is 12.8. The van der Waals surface area contributed by atoms with Gasteiger partial charge in [0.1, 0.15) is 11.6 Å². The van der Waals surface area contributed by atoms with Crippen LogP contribution in [0, 0.1) is 34.0 Å². The fourth-order valence-corrected chi connectivity index (χ4v) is 1.87. The second-order valence-corrected chi connectivity index (χ2v) is 3.75. The topological polar surface area (TPSA) is 101 Å². The van der Waals surface area contributed by atoms with Crippen molar-refractivity contribution in [3.63, 3.8) is 0 Å². The Bertz CT molecular complexity index is 498. The zero-order valence-electron chi connectivity index (χ0n) is 9.50. The van der Waals surface area contributed by atoms with Crippen molar-refractivity contribution in [3.05, 3.63) is 16.8 Å². The van der Waals surface area contributed by atoms with Gasteiger partial charge in [0.05, 0.1) is 17.3 Å². The zero-order valence-corrected chi connectivity index (χ0v) is 9.50. The molecule has 0 aromatic carbocycles. The SMILES string of the molecule is CCCC1CC(=O)NC(C(=C=N)C#N)=C1C#N. The molecule has 0 fully saturated rings. The highest BCUT2D eigenvalue weighted by atomic mass is 16.1. The van der Waals surface area contributed by atoms with Crippen LogP contribution in [-0.2, 0) is 4.79 Å². The van der Waals surface area contributed by atoms with Gasteiger partial charge in [0.15, 0.2) is 0 Å². The van der Waals surface area contributed by atoms with E-state index in [4.69, 9.17) is 15.9 Å². The van der Waals surface area contributed by atoms with Crippen LogP contribution in [0.25, 0.3) is 0 Å². The number of nitriles is 2. The summed E-state index contributed by atoms with van der Waals surface area (Å²) >= 11 is 0. The van der Waals surface area contributed by atoms with Crippen molar-refractivity contribution in [2.75, 3.05) is 0 Å². The first kappa shape index (κ1) is 12.7. The predicted molar refractivity (Wildman–Crippen MR) is 60.6 cm³/mol. The lowest BCUT2D eigenvalue weighted by atomic mass is 9.86. The lowest BCUT2D eigenvalue weighted by Gasteiger charge is -2.23. The van der Waals surface area contributed by atoms with Crippen molar-refractivity contribution < 1.29 is 4.79 Å². The molecule has 0 spiro atoms. The molecule has 0 aliphatic carbocycles. The Morgan fingerprint density at radius 2 is 2.29 bits per heavy atom. The maximum atomic E-state index is 11.5. The first-order valence-electron chi connectivity index (χ1n) is 5.32. The van der Waals surface area contributed by atoms with E-state index < -0.39 is 0 Å². The summed E-state index contributed by atoms with van der Waals surface area (Å²) in [5, 5.41) is 27.4. The quantitative estimate of drug-likeness (QED) is 0.563. The number of hydrogen-bond donors (Lipinski definition) is 2. The molecule has 1 aliphatic heterocycles. The Morgan fingerprint density at radius 3 is 2.76 bits per heavy atom. The fourth-order valence-electron chi connectivity index (χ4n) is 1.87. The lowest BCUT2D eigenvalue weighted by molar-refractivity contribution is -0.121.